The molecule has 0 aliphatic rings. The van der Waals surface area contributed by atoms with Crippen LogP contribution in [0.4, 0.5) is 0 Å². The van der Waals surface area contributed by atoms with Crippen molar-refractivity contribution in [2.24, 2.45) is 0 Å². The number of amides is 1. The first kappa shape index (κ1) is 13.7. The smallest absolute Gasteiger partial charge is 0.270 e. The number of hydrogen-bond donors (Lipinski definition) is 2. The molecule has 2 aromatic rings. The van der Waals surface area contributed by atoms with Crippen LogP contribution in [0.25, 0.3) is 0 Å². The standard InChI is InChI=1S/C14H17N3OS/c1-15-7-8-16-14(18)12-10-19-13(17-12)9-11-5-3-2-4-6-11/h2-6,10,15H,7-9H2,1H3,(H,16,18). The van der Waals surface area contributed by atoms with Gasteiger partial charge in [0, 0.05) is 24.9 Å². The van der Waals surface area contributed by atoms with Crippen LogP contribution in [0.5, 0.6) is 0 Å². The molecule has 1 heterocycles. The Bertz CT molecular complexity index is 524. The summed E-state index contributed by atoms with van der Waals surface area (Å²) in [6.45, 7) is 1.37. The summed E-state index contributed by atoms with van der Waals surface area (Å²) >= 11 is 1.52. The maximum absolute atomic E-state index is 11.8. The van der Waals surface area contributed by atoms with Crippen molar-refractivity contribution in [3.05, 3.63) is 52.0 Å². The third-order valence-electron chi connectivity index (χ3n) is 2.64. The van der Waals surface area contributed by atoms with Gasteiger partial charge in [0.05, 0.1) is 5.01 Å². The van der Waals surface area contributed by atoms with Crippen LogP contribution in [-0.2, 0) is 6.42 Å². The highest BCUT2D eigenvalue weighted by molar-refractivity contribution is 7.09. The Labute approximate surface area is 116 Å². The zero-order valence-electron chi connectivity index (χ0n) is 10.8. The van der Waals surface area contributed by atoms with Gasteiger partial charge in [0.25, 0.3) is 5.91 Å². The number of likely N-dealkylation sites (N-methyl/N-ethyl adjacent to an activating group) is 1. The predicted molar refractivity (Wildman–Crippen MR) is 77.6 cm³/mol. The molecule has 0 atom stereocenters. The van der Waals surface area contributed by atoms with Crippen LogP contribution < -0.4 is 10.6 Å². The SMILES string of the molecule is CNCCNC(=O)c1csc(Cc2ccccc2)n1. The molecule has 2 rings (SSSR count). The van der Waals surface area contributed by atoms with Gasteiger partial charge in [-0.2, -0.15) is 0 Å². The van der Waals surface area contributed by atoms with Gasteiger partial charge in [0.1, 0.15) is 5.69 Å². The van der Waals surface area contributed by atoms with Gasteiger partial charge in [-0.25, -0.2) is 4.98 Å². The third kappa shape index (κ3) is 4.15. The second kappa shape index (κ2) is 7.01. The molecule has 0 bridgehead atoms. The van der Waals surface area contributed by atoms with Crippen molar-refractivity contribution in [1.29, 1.82) is 0 Å². The zero-order chi connectivity index (χ0) is 13.5. The summed E-state index contributed by atoms with van der Waals surface area (Å²) in [4.78, 5) is 16.2. The molecule has 1 aromatic carbocycles. The van der Waals surface area contributed by atoms with Crippen LogP contribution in [0.15, 0.2) is 35.7 Å². The molecule has 0 aliphatic carbocycles. The van der Waals surface area contributed by atoms with Crippen LogP contribution in [-0.4, -0.2) is 31.0 Å². The Morgan fingerprint density at radius 3 is 2.79 bits per heavy atom. The van der Waals surface area contributed by atoms with E-state index in [1.165, 1.54) is 16.9 Å². The number of benzene rings is 1. The van der Waals surface area contributed by atoms with E-state index in [1.807, 2.05) is 30.6 Å². The van der Waals surface area contributed by atoms with Gasteiger partial charge in [-0.3, -0.25) is 4.79 Å². The maximum Gasteiger partial charge on any atom is 0.270 e. The van der Waals surface area contributed by atoms with Gasteiger partial charge in [-0.1, -0.05) is 30.3 Å². The summed E-state index contributed by atoms with van der Waals surface area (Å²) in [6, 6.07) is 10.1. The van der Waals surface area contributed by atoms with E-state index in [2.05, 4.69) is 27.8 Å². The van der Waals surface area contributed by atoms with Crippen molar-refractivity contribution >= 4 is 17.2 Å². The van der Waals surface area contributed by atoms with E-state index >= 15 is 0 Å². The van der Waals surface area contributed by atoms with Gasteiger partial charge in [-0.05, 0) is 12.6 Å². The minimum absolute atomic E-state index is 0.106. The molecule has 4 nitrogen and oxygen atoms in total. The number of carbonyl (C=O) groups is 1. The first-order chi connectivity index (χ1) is 9.29. The van der Waals surface area contributed by atoms with Crippen LogP contribution in [0.2, 0.25) is 0 Å². The zero-order valence-corrected chi connectivity index (χ0v) is 11.7. The van der Waals surface area contributed by atoms with Crippen molar-refractivity contribution in [2.75, 3.05) is 20.1 Å². The van der Waals surface area contributed by atoms with Crippen molar-refractivity contribution in [2.45, 2.75) is 6.42 Å². The first-order valence-electron chi connectivity index (χ1n) is 6.20. The van der Waals surface area contributed by atoms with Crippen LogP contribution in [0.3, 0.4) is 0 Å². The number of aromatic nitrogens is 1. The van der Waals surface area contributed by atoms with Gasteiger partial charge in [0.2, 0.25) is 0 Å². The Hall–Kier alpha value is -1.72. The van der Waals surface area contributed by atoms with Gasteiger partial charge >= 0.3 is 0 Å². The number of nitrogens with one attached hydrogen (secondary N) is 2. The third-order valence-corrected chi connectivity index (χ3v) is 3.49. The number of nitrogens with zero attached hydrogens (tertiary/aromatic N) is 1. The van der Waals surface area contributed by atoms with Crippen LogP contribution in [0.1, 0.15) is 21.1 Å². The first-order valence-corrected chi connectivity index (χ1v) is 7.08. The lowest BCUT2D eigenvalue weighted by Gasteiger charge is -2.01. The Morgan fingerprint density at radius 2 is 2.05 bits per heavy atom. The number of hydrogen-bond acceptors (Lipinski definition) is 4. The van der Waals surface area contributed by atoms with E-state index < -0.39 is 0 Å². The van der Waals surface area contributed by atoms with Crippen molar-refractivity contribution in [1.82, 2.24) is 15.6 Å². The van der Waals surface area contributed by atoms with Crippen LogP contribution in [0, 0.1) is 0 Å². The van der Waals surface area contributed by atoms with E-state index in [4.69, 9.17) is 0 Å². The molecule has 0 saturated carbocycles. The summed E-state index contributed by atoms with van der Waals surface area (Å²) in [5.41, 5.74) is 1.71. The second-order valence-electron chi connectivity index (χ2n) is 4.15. The second-order valence-corrected chi connectivity index (χ2v) is 5.09. The fraction of sp³-hybridized carbons (Fsp3) is 0.286. The number of carbonyl (C=O) groups excluding carboxylic acids is 1. The molecule has 0 fully saturated rings. The lowest BCUT2D eigenvalue weighted by atomic mass is 10.2. The summed E-state index contributed by atoms with van der Waals surface area (Å²) in [5, 5.41) is 8.58. The van der Waals surface area contributed by atoms with Crippen LogP contribution >= 0.6 is 11.3 Å². The Morgan fingerprint density at radius 1 is 1.26 bits per heavy atom. The molecule has 1 amide bonds. The van der Waals surface area contributed by atoms with E-state index in [-0.39, 0.29) is 5.91 Å². The highest BCUT2D eigenvalue weighted by Gasteiger charge is 2.10. The highest BCUT2D eigenvalue weighted by Crippen LogP contribution is 2.14. The van der Waals surface area contributed by atoms with E-state index in [9.17, 15) is 4.79 Å². The average molecular weight is 275 g/mol. The molecule has 0 aliphatic heterocycles. The summed E-state index contributed by atoms with van der Waals surface area (Å²) in [6.07, 6.45) is 0.773. The van der Waals surface area contributed by atoms with Gasteiger partial charge in [-0.15, -0.1) is 11.3 Å². The van der Waals surface area contributed by atoms with Crippen molar-refractivity contribution in [3.8, 4) is 0 Å². The predicted octanol–water partition coefficient (Wildman–Crippen LogP) is 1.68. The molecule has 19 heavy (non-hydrogen) atoms. The van der Waals surface area contributed by atoms with Crippen molar-refractivity contribution < 1.29 is 4.79 Å². The minimum Gasteiger partial charge on any atom is -0.349 e. The van der Waals surface area contributed by atoms with E-state index in [1.54, 1.807) is 0 Å². The lowest BCUT2D eigenvalue weighted by Crippen LogP contribution is -2.30. The Kier molecular flexibility index (Phi) is 5.06. The van der Waals surface area contributed by atoms with Gasteiger partial charge in [0.15, 0.2) is 0 Å². The highest BCUT2D eigenvalue weighted by atomic mass is 32.1. The maximum atomic E-state index is 11.8. The molecule has 100 valence electrons. The molecule has 0 spiro atoms. The lowest BCUT2D eigenvalue weighted by molar-refractivity contribution is 0.0949. The molecule has 0 saturated heterocycles. The molecule has 0 radical (unpaired) electrons. The quantitative estimate of drug-likeness (QED) is 0.789. The topological polar surface area (TPSA) is 54.0 Å². The van der Waals surface area contributed by atoms with E-state index in [0.29, 0.717) is 12.2 Å². The number of thiazole rings is 1. The molecule has 0 unspecified atom stereocenters. The monoisotopic (exact) mass is 275 g/mol. The Balaban J connectivity index is 1.93. The summed E-state index contributed by atoms with van der Waals surface area (Å²) < 4.78 is 0. The summed E-state index contributed by atoms with van der Waals surface area (Å²) in [5.74, 6) is -0.106. The minimum atomic E-state index is -0.106. The van der Waals surface area contributed by atoms with Crippen molar-refractivity contribution in [3.63, 3.8) is 0 Å². The fourth-order valence-corrected chi connectivity index (χ4v) is 2.47. The average Bonchev–Trinajstić information content (AvgIpc) is 2.89. The molecular weight excluding hydrogens is 258 g/mol. The normalized spacial score (nSPS) is 10.4. The molecule has 5 heteroatoms. The van der Waals surface area contributed by atoms with E-state index in [0.717, 1.165) is 18.0 Å². The summed E-state index contributed by atoms with van der Waals surface area (Å²) in [7, 11) is 1.85. The molecule has 2 N–H and O–H groups in total. The molecular formula is C14H17N3OS. The molecule has 1 aromatic heterocycles. The number of rotatable bonds is 6. The largest absolute Gasteiger partial charge is 0.349 e. The fourth-order valence-electron chi connectivity index (χ4n) is 1.66. The van der Waals surface area contributed by atoms with Gasteiger partial charge < -0.3 is 10.6 Å².